The van der Waals surface area contributed by atoms with Gasteiger partial charge >= 0.3 is 0 Å². The fourth-order valence-corrected chi connectivity index (χ4v) is 2.37. The van der Waals surface area contributed by atoms with Crippen molar-refractivity contribution in [2.24, 2.45) is 0 Å². The molecule has 21 heavy (non-hydrogen) atoms. The molecule has 2 heterocycles. The Balaban J connectivity index is 1.81. The van der Waals surface area contributed by atoms with Crippen molar-refractivity contribution >= 4 is 0 Å². The van der Waals surface area contributed by atoms with E-state index in [1.165, 1.54) is 12.1 Å². The van der Waals surface area contributed by atoms with Gasteiger partial charge in [0.15, 0.2) is 5.82 Å². The number of rotatable bonds is 3. The van der Waals surface area contributed by atoms with Gasteiger partial charge in [0.1, 0.15) is 17.7 Å². The van der Waals surface area contributed by atoms with Gasteiger partial charge in [-0.3, -0.25) is 4.90 Å². The number of aromatic nitrogens is 2. The largest absolute Gasteiger partial charge is 0.378 e. The molecule has 1 unspecified atom stereocenters. The van der Waals surface area contributed by atoms with Gasteiger partial charge in [0, 0.05) is 24.7 Å². The van der Waals surface area contributed by atoms with Crippen molar-refractivity contribution in [2.75, 3.05) is 19.8 Å². The maximum Gasteiger partial charge on any atom is 0.246 e. The minimum absolute atomic E-state index is 0.218. The van der Waals surface area contributed by atoms with Crippen LogP contribution in [0.3, 0.4) is 0 Å². The summed E-state index contributed by atoms with van der Waals surface area (Å²) in [5, 5.41) is 3.77. The molecular weight excluding hydrogens is 280 g/mol. The highest BCUT2D eigenvalue weighted by atomic mass is 19.1. The van der Waals surface area contributed by atoms with Gasteiger partial charge in [0.2, 0.25) is 5.89 Å². The summed E-state index contributed by atoms with van der Waals surface area (Å²) in [4.78, 5) is 6.20. The first kappa shape index (κ1) is 14.1. The SMILES string of the molecule is Cc1noc(C2COCCN2Cc2ccc(F)cc2F)n1. The van der Waals surface area contributed by atoms with Crippen molar-refractivity contribution in [2.45, 2.75) is 19.5 Å². The number of hydrogen-bond donors (Lipinski definition) is 0. The van der Waals surface area contributed by atoms with Gasteiger partial charge in [-0.15, -0.1) is 0 Å². The molecule has 3 rings (SSSR count). The van der Waals surface area contributed by atoms with Crippen molar-refractivity contribution in [3.63, 3.8) is 0 Å². The van der Waals surface area contributed by atoms with Gasteiger partial charge < -0.3 is 9.26 Å². The summed E-state index contributed by atoms with van der Waals surface area (Å²) in [7, 11) is 0. The number of aryl methyl sites for hydroxylation is 1. The molecule has 0 saturated carbocycles. The lowest BCUT2D eigenvalue weighted by Gasteiger charge is -2.33. The Hall–Kier alpha value is -1.86. The second-order valence-electron chi connectivity index (χ2n) is 4.98. The number of nitrogens with zero attached hydrogens (tertiary/aromatic N) is 3. The van der Waals surface area contributed by atoms with Crippen LogP contribution in [0.5, 0.6) is 0 Å². The van der Waals surface area contributed by atoms with Crippen molar-refractivity contribution in [3.05, 3.63) is 47.1 Å². The normalized spacial score (nSPS) is 19.9. The second-order valence-corrected chi connectivity index (χ2v) is 4.98. The molecule has 2 aromatic rings. The topological polar surface area (TPSA) is 51.4 Å². The first-order valence-corrected chi connectivity index (χ1v) is 6.69. The Labute approximate surface area is 120 Å². The molecule has 112 valence electrons. The zero-order valence-electron chi connectivity index (χ0n) is 11.6. The maximum atomic E-state index is 13.8. The van der Waals surface area contributed by atoms with E-state index in [4.69, 9.17) is 9.26 Å². The van der Waals surface area contributed by atoms with Crippen LogP contribution in [0.25, 0.3) is 0 Å². The number of morpholine rings is 1. The highest BCUT2D eigenvalue weighted by Crippen LogP contribution is 2.25. The smallest absolute Gasteiger partial charge is 0.246 e. The average molecular weight is 295 g/mol. The number of hydrogen-bond acceptors (Lipinski definition) is 5. The molecule has 1 atom stereocenters. The molecule has 1 aromatic carbocycles. The first-order valence-electron chi connectivity index (χ1n) is 6.69. The molecule has 5 nitrogen and oxygen atoms in total. The summed E-state index contributed by atoms with van der Waals surface area (Å²) in [6.45, 7) is 3.64. The van der Waals surface area contributed by atoms with Gasteiger partial charge in [-0.25, -0.2) is 8.78 Å². The monoisotopic (exact) mass is 295 g/mol. The van der Waals surface area contributed by atoms with Crippen LogP contribution in [0.4, 0.5) is 8.78 Å². The van der Waals surface area contributed by atoms with E-state index in [1.807, 2.05) is 4.90 Å². The van der Waals surface area contributed by atoms with E-state index in [0.717, 1.165) is 6.07 Å². The third-order valence-electron chi connectivity index (χ3n) is 3.46. The molecule has 0 aliphatic carbocycles. The second kappa shape index (κ2) is 5.87. The highest BCUT2D eigenvalue weighted by molar-refractivity contribution is 5.18. The summed E-state index contributed by atoms with van der Waals surface area (Å²) >= 11 is 0. The Bertz CT molecular complexity index is 632. The van der Waals surface area contributed by atoms with E-state index in [2.05, 4.69) is 10.1 Å². The molecular formula is C14H15F2N3O2. The lowest BCUT2D eigenvalue weighted by molar-refractivity contribution is -0.0245. The molecule has 1 fully saturated rings. The molecule has 1 saturated heterocycles. The maximum absolute atomic E-state index is 13.8. The molecule has 1 aromatic heterocycles. The van der Waals surface area contributed by atoms with Crippen molar-refractivity contribution < 1.29 is 18.0 Å². The summed E-state index contributed by atoms with van der Waals surface area (Å²) in [6, 6.07) is 3.38. The lowest BCUT2D eigenvalue weighted by Crippen LogP contribution is -2.39. The average Bonchev–Trinajstić information content (AvgIpc) is 2.89. The van der Waals surface area contributed by atoms with Gasteiger partial charge in [-0.05, 0) is 13.0 Å². The van der Waals surface area contributed by atoms with Crippen molar-refractivity contribution in [3.8, 4) is 0 Å². The molecule has 7 heteroatoms. The van der Waals surface area contributed by atoms with Gasteiger partial charge in [0.25, 0.3) is 0 Å². The summed E-state index contributed by atoms with van der Waals surface area (Å²) in [6.07, 6.45) is 0. The zero-order chi connectivity index (χ0) is 14.8. The number of ether oxygens (including phenoxy) is 1. The van der Waals surface area contributed by atoms with Crippen LogP contribution in [-0.2, 0) is 11.3 Å². The van der Waals surface area contributed by atoms with E-state index in [0.29, 0.717) is 43.6 Å². The fraction of sp³-hybridized carbons (Fsp3) is 0.429. The van der Waals surface area contributed by atoms with Crippen molar-refractivity contribution in [1.82, 2.24) is 15.0 Å². The minimum Gasteiger partial charge on any atom is -0.378 e. The standard InChI is InChI=1S/C14H15F2N3O2/c1-9-17-14(21-18-9)13-8-20-5-4-19(13)7-10-2-3-11(15)6-12(10)16/h2-3,6,13H,4-5,7-8H2,1H3. The highest BCUT2D eigenvalue weighted by Gasteiger charge is 2.29. The van der Waals surface area contributed by atoms with Gasteiger partial charge in [-0.2, -0.15) is 4.98 Å². The third kappa shape index (κ3) is 3.08. The lowest BCUT2D eigenvalue weighted by atomic mass is 10.1. The predicted octanol–water partition coefficient (Wildman–Crippen LogP) is 2.23. The summed E-state index contributed by atoms with van der Waals surface area (Å²) in [5.41, 5.74) is 0.430. The third-order valence-corrected chi connectivity index (χ3v) is 3.46. The number of benzene rings is 1. The Kier molecular flexibility index (Phi) is 3.94. The molecule has 1 aliphatic rings. The van der Waals surface area contributed by atoms with Crippen LogP contribution in [-0.4, -0.2) is 34.8 Å². The number of halogens is 2. The van der Waals surface area contributed by atoms with E-state index in [1.54, 1.807) is 6.92 Å². The van der Waals surface area contributed by atoms with Crippen LogP contribution in [0.2, 0.25) is 0 Å². The Morgan fingerprint density at radius 2 is 2.24 bits per heavy atom. The molecule has 0 amide bonds. The van der Waals surface area contributed by atoms with E-state index in [9.17, 15) is 8.78 Å². The van der Waals surface area contributed by atoms with Crippen molar-refractivity contribution in [1.29, 1.82) is 0 Å². The van der Waals surface area contributed by atoms with Crippen LogP contribution >= 0.6 is 0 Å². The van der Waals surface area contributed by atoms with E-state index >= 15 is 0 Å². The first-order chi connectivity index (χ1) is 10.1. The van der Waals surface area contributed by atoms with Crippen LogP contribution in [0, 0.1) is 18.6 Å². The zero-order valence-corrected chi connectivity index (χ0v) is 11.6. The Morgan fingerprint density at radius 1 is 1.38 bits per heavy atom. The van der Waals surface area contributed by atoms with Crippen LogP contribution in [0.1, 0.15) is 23.3 Å². The molecule has 0 spiro atoms. The van der Waals surface area contributed by atoms with Gasteiger partial charge in [0.05, 0.1) is 13.2 Å². The summed E-state index contributed by atoms with van der Waals surface area (Å²) < 4.78 is 37.4. The summed E-state index contributed by atoms with van der Waals surface area (Å²) in [5.74, 6) is -0.137. The van der Waals surface area contributed by atoms with E-state index in [-0.39, 0.29) is 6.04 Å². The van der Waals surface area contributed by atoms with Crippen LogP contribution in [0.15, 0.2) is 22.7 Å². The minimum atomic E-state index is -0.581. The molecule has 0 radical (unpaired) electrons. The van der Waals surface area contributed by atoms with Gasteiger partial charge in [-0.1, -0.05) is 11.2 Å². The predicted molar refractivity (Wildman–Crippen MR) is 69.4 cm³/mol. The fourth-order valence-electron chi connectivity index (χ4n) is 2.37. The molecule has 0 N–H and O–H groups in total. The van der Waals surface area contributed by atoms with Crippen LogP contribution < -0.4 is 0 Å². The van der Waals surface area contributed by atoms with E-state index < -0.39 is 11.6 Å². The molecule has 1 aliphatic heterocycles. The Morgan fingerprint density at radius 3 is 2.95 bits per heavy atom. The molecule has 0 bridgehead atoms. The quantitative estimate of drug-likeness (QED) is 0.869.